The van der Waals surface area contributed by atoms with E-state index < -0.39 is 35.6 Å². The average molecular weight is 1380 g/mol. The number of hydrogen-bond donors (Lipinski definition) is 3. The van der Waals surface area contributed by atoms with Gasteiger partial charge >= 0.3 is 24.8 Å². The number of amidine groups is 2. The summed E-state index contributed by atoms with van der Waals surface area (Å²) in [6, 6.07) is 36.1. The Kier molecular flexibility index (Phi) is 21.3. The van der Waals surface area contributed by atoms with Gasteiger partial charge in [-0.3, -0.25) is 19.4 Å². The Bertz CT molecular complexity index is 4060. The summed E-state index contributed by atoms with van der Waals surface area (Å²) in [5.41, 5.74) is 8.25. The summed E-state index contributed by atoms with van der Waals surface area (Å²) >= 11 is 5.91. The highest BCUT2D eigenvalue weighted by Crippen LogP contribution is 2.41. The Morgan fingerprint density at radius 3 is 1.59 bits per heavy atom. The molecule has 19 nitrogen and oxygen atoms in total. The van der Waals surface area contributed by atoms with Gasteiger partial charge in [-0.25, -0.2) is 28.9 Å². The number of ether oxygens (including phenoxy) is 2. The largest absolute Gasteiger partial charge is 0.573 e. The van der Waals surface area contributed by atoms with E-state index in [0.717, 1.165) is 62.0 Å². The molecular formula is C65H63BrF6N12O7S2. The number of thioether (sulfide) groups is 2. The molecule has 2 atom stereocenters. The highest BCUT2D eigenvalue weighted by Gasteiger charge is 2.47. The van der Waals surface area contributed by atoms with E-state index in [4.69, 9.17) is 0 Å². The molecule has 486 valence electrons. The van der Waals surface area contributed by atoms with Crippen molar-refractivity contribution < 1.29 is 60.1 Å². The number of alkyl halides is 7. The number of carbonyl (C=O) groups excluding carboxylic acids is 4. The summed E-state index contributed by atoms with van der Waals surface area (Å²) in [5.74, 6) is 0.238. The highest BCUT2D eigenvalue weighted by atomic mass is 79.9. The molecule has 0 radical (unpaired) electrons. The van der Waals surface area contributed by atoms with Gasteiger partial charge < -0.3 is 25.2 Å². The number of aliphatic hydroxyl groups is 1. The number of nitrogens with zero attached hydrogens (tertiary/aromatic N) is 10. The molecule has 6 amide bonds. The first kappa shape index (κ1) is 68.5. The van der Waals surface area contributed by atoms with Crippen LogP contribution in [0, 0.1) is 13.8 Å². The lowest BCUT2D eigenvalue weighted by atomic mass is 9.97. The minimum absolute atomic E-state index is 0.107. The number of aryl methyl sites for hydroxylation is 2. The van der Waals surface area contributed by atoms with Crippen LogP contribution in [0.1, 0.15) is 91.6 Å². The van der Waals surface area contributed by atoms with E-state index in [2.05, 4.69) is 80.0 Å². The molecule has 2 aliphatic rings. The summed E-state index contributed by atoms with van der Waals surface area (Å²) in [5, 5.41) is 24.9. The van der Waals surface area contributed by atoms with Crippen LogP contribution in [-0.2, 0) is 16.0 Å². The minimum Gasteiger partial charge on any atom is -0.406 e. The second kappa shape index (κ2) is 29.0. The Labute approximate surface area is 548 Å². The molecule has 0 bridgehead atoms. The van der Waals surface area contributed by atoms with Crippen molar-refractivity contribution >= 4 is 85.0 Å². The third-order valence-electron chi connectivity index (χ3n) is 14.3. The lowest BCUT2D eigenvalue weighted by molar-refractivity contribution is -0.275. The van der Waals surface area contributed by atoms with E-state index in [-0.39, 0.29) is 64.0 Å². The van der Waals surface area contributed by atoms with Gasteiger partial charge in [-0.1, -0.05) is 140 Å². The predicted molar refractivity (Wildman–Crippen MR) is 350 cm³/mol. The zero-order valence-electron chi connectivity index (χ0n) is 51.3. The topological polar surface area (TPSA) is 224 Å². The van der Waals surface area contributed by atoms with Gasteiger partial charge in [0.1, 0.15) is 29.4 Å². The van der Waals surface area contributed by atoms with Gasteiger partial charge in [-0.15, -0.1) is 36.5 Å². The number of rotatable bonds is 17. The summed E-state index contributed by atoms with van der Waals surface area (Å²) in [6.07, 6.45) is -6.10. The van der Waals surface area contributed by atoms with Crippen molar-refractivity contribution in [3.63, 3.8) is 0 Å². The van der Waals surface area contributed by atoms with Crippen LogP contribution in [0.5, 0.6) is 11.5 Å². The first-order chi connectivity index (χ1) is 44.0. The zero-order valence-corrected chi connectivity index (χ0v) is 54.5. The number of benzene rings is 6. The first-order valence-corrected chi connectivity index (χ1v) is 31.8. The van der Waals surface area contributed by atoms with E-state index in [1.54, 1.807) is 13.8 Å². The summed E-state index contributed by atoms with van der Waals surface area (Å²) < 4.78 is 85.3. The standard InChI is InChI=1S/C34H35F3N6O4S.C31H28BrF3N6O3S/c1-20(2)26-15-6-21(3)18-27(26)43-30(44)28(33(4,5)46)48-32(43)40-31(45)38-17-16-22-7-9-23(10-8-22)29-39-19-42(41-29)24-11-13-25(14-12-24)47-34(35,36)37;1-18(2)24-13-4-19(3)14-26(24)41-27(42)16-45-30(41)38-29(43)36-15-25(32)20-5-7-21(8-6-20)28-37-17-40(39-28)22-9-11-23(12-10-22)44-31(33,34)35/h6-15,18-20,28,46H,16-17H2,1-5H3,(H,38,45);4-14,17-18,25H,15-16H2,1-3H3,(H,36,43). The number of urea groups is 2. The Balaban J connectivity index is 0.000000220. The fraction of sp³-hybridized carbons (Fsp3) is 0.292. The molecule has 8 aromatic rings. The molecule has 2 aliphatic heterocycles. The van der Waals surface area contributed by atoms with Crippen molar-refractivity contribution in [1.29, 1.82) is 0 Å². The Morgan fingerprint density at radius 1 is 0.656 bits per heavy atom. The summed E-state index contributed by atoms with van der Waals surface area (Å²) in [7, 11) is 0. The lowest BCUT2D eigenvalue weighted by Gasteiger charge is -2.25. The Morgan fingerprint density at radius 2 is 1.12 bits per heavy atom. The fourth-order valence-electron chi connectivity index (χ4n) is 9.68. The highest BCUT2D eigenvalue weighted by molar-refractivity contribution is 9.09. The van der Waals surface area contributed by atoms with Gasteiger partial charge in [0.15, 0.2) is 22.0 Å². The van der Waals surface area contributed by atoms with E-state index in [1.165, 1.54) is 92.1 Å². The van der Waals surface area contributed by atoms with Crippen molar-refractivity contribution in [1.82, 2.24) is 40.2 Å². The number of halogens is 7. The van der Waals surface area contributed by atoms with Crippen LogP contribution < -0.4 is 29.9 Å². The van der Waals surface area contributed by atoms with Gasteiger partial charge in [0.25, 0.3) is 0 Å². The maximum Gasteiger partial charge on any atom is 0.573 e. The van der Waals surface area contributed by atoms with Crippen LogP contribution in [-0.4, -0.2) is 111 Å². The molecule has 2 aromatic heterocycles. The molecule has 28 heteroatoms. The first-order valence-electron chi connectivity index (χ1n) is 29.0. The van der Waals surface area contributed by atoms with E-state index in [1.807, 2.05) is 113 Å². The summed E-state index contributed by atoms with van der Waals surface area (Å²) in [6.45, 7) is 15.7. The number of hydrogen-bond acceptors (Lipinski definition) is 13. The number of nitrogens with one attached hydrogen (secondary N) is 2. The molecule has 2 saturated heterocycles. The predicted octanol–water partition coefficient (Wildman–Crippen LogP) is 14.3. The van der Waals surface area contributed by atoms with Gasteiger partial charge in [-0.05, 0) is 140 Å². The van der Waals surface area contributed by atoms with Crippen LogP contribution in [0.15, 0.2) is 156 Å². The number of amides is 6. The van der Waals surface area contributed by atoms with Crippen molar-refractivity contribution in [3.05, 3.63) is 179 Å². The van der Waals surface area contributed by atoms with E-state index in [0.29, 0.717) is 40.3 Å². The molecule has 0 saturated carbocycles. The average Bonchev–Trinajstić information content (AvgIpc) is 1.66. The molecule has 2 fully saturated rings. The summed E-state index contributed by atoms with van der Waals surface area (Å²) in [4.78, 5) is 72.0. The number of aliphatic imine (C=N–C) groups is 2. The van der Waals surface area contributed by atoms with Crippen molar-refractivity contribution in [2.75, 3.05) is 28.6 Å². The second-order valence-corrected chi connectivity index (χ2v) is 25.7. The van der Waals surface area contributed by atoms with Crippen LogP contribution in [0.2, 0.25) is 0 Å². The van der Waals surface area contributed by atoms with Crippen molar-refractivity contribution in [3.8, 4) is 45.6 Å². The SMILES string of the molecule is Cc1ccc(C(C)C)c(N2C(=O)C(C(C)(C)O)SC2=NC(=O)NCCc2ccc(-c3ncn(-c4ccc(OC(F)(F)F)cc4)n3)cc2)c1.Cc1ccc(C(C)C)c(N2C(=O)CSC2=NC(=O)NCC(Br)c2ccc(-c3ncn(-c4ccc(OC(F)(F)F)cc4)n3)cc2)c1. The molecule has 0 aliphatic carbocycles. The van der Waals surface area contributed by atoms with Gasteiger partial charge in [0.2, 0.25) is 11.8 Å². The molecule has 93 heavy (non-hydrogen) atoms. The molecule has 2 unspecified atom stereocenters. The molecular weight excluding hydrogens is 1320 g/mol. The maximum absolute atomic E-state index is 13.6. The van der Waals surface area contributed by atoms with Crippen LogP contribution >= 0.6 is 39.5 Å². The normalized spacial score (nSPS) is 15.7. The number of anilines is 2. The van der Waals surface area contributed by atoms with Gasteiger partial charge in [-0.2, -0.15) is 9.98 Å². The second-order valence-electron chi connectivity index (χ2n) is 22.6. The van der Waals surface area contributed by atoms with Crippen LogP contribution in [0.25, 0.3) is 34.2 Å². The van der Waals surface area contributed by atoms with Crippen LogP contribution in [0.4, 0.5) is 47.3 Å². The van der Waals surface area contributed by atoms with Crippen molar-refractivity contribution in [2.45, 2.75) is 102 Å². The molecule has 10 rings (SSSR count). The van der Waals surface area contributed by atoms with Crippen molar-refractivity contribution in [2.24, 2.45) is 9.98 Å². The van der Waals surface area contributed by atoms with E-state index in [9.17, 15) is 50.6 Å². The number of aromatic nitrogens is 6. The lowest BCUT2D eigenvalue weighted by Crippen LogP contribution is -2.42. The fourth-order valence-corrected chi connectivity index (χ4v) is 12.1. The maximum atomic E-state index is 13.6. The monoisotopic (exact) mass is 1380 g/mol. The molecule has 6 aromatic carbocycles. The van der Waals surface area contributed by atoms with Gasteiger partial charge in [0, 0.05) is 24.2 Å². The third kappa shape index (κ3) is 17.8. The van der Waals surface area contributed by atoms with Crippen LogP contribution in [0.3, 0.4) is 0 Å². The smallest absolute Gasteiger partial charge is 0.406 e. The third-order valence-corrected chi connectivity index (χ3v) is 17.6. The Hall–Kier alpha value is -8.86. The molecule has 3 N–H and O–H groups in total. The van der Waals surface area contributed by atoms with E-state index >= 15 is 0 Å². The molecule has 0 spiro atoms. The zero-order chi connectivity index (χ0) is 67.1. The molecule has 4 heterocycles. The number of carbonyl (C=O) groups is 4. The minimum atomic E-state index is -4.77. The quantitative estimate of drug-likeness (QED) is 0.0571. The van der Waals surface area contributed by atoms with Gasteiger partial charge in [0.05, 0.1) is 38.9 Å².